The molecular weight excluding hydrogens is 413 g/mol. The SMILES string of the molecule is CC[C@@H](Oc1ccc2ccccc2c1)C(=O)Nc1ccc(I)cc1. The number of carbonyl (C=O) groups is 1. The number of hydrogen-bond acceptors (Lipinski definition) is 2. The molecule has 3 aromatic carbocycles. The lowest BCUT2D eigenvalue weighted by Crippen LogP contribution is -2.32. The number of anilines is 1. The maximum Gasteiger partial charge on any atom is 0.265 e. The first-order valence-electron chi connectivity index (χ1n) is 7.87. The van der Waals surface area contributed by atoms with Crippen molar-refractivity contribution in [3.05, 3.63) is 70.3 Å². The molecule has 1 amide bonds. The monoisotopic (exact) mass is 431 g/mol. The lowest BCUT2D eigenvalue weighted by Gasteiger charge is -2.17. The highest BCUT2D eigenvalue weighted by atomic mass is 127. The smallest absolute Gasteiger partial charge is 0.265 e. The second-order valence-electron chi connectivity index (χ2n) is 5.52. The zero-order valence-electron chi connectivity index (χ0n) is 13.3. The summed E-state index contributed by atoms with van der Waals surface area (Å²) < 4.78 is 7.05. The minimum Gasteiger partial charge on any atom is -0.481 e. The molecule has 0 fully saturated rings. The number of fused-ring (bicyclic) bond motifs is 1. The Labute approximate surface area is 155 Å². The van der Waals surface area contributed by atoms with E-state index in [0.717, 1.165) is 20.0 Å². The van der Waals surface area contributed by atoms with Crippen molar-refractivity contribution in [3.8, 4) is 5.75 Å². The minimum absolute atomic E-state index is 0.133. The van der Waals surface area contributed by atoms with E-state index < -0.39 is 6.10 Å². The Morgan fingerprint density at radius 2 is 1.75 bits per heavy atom. The van der Waals surface area contributed by atoms with E-state index in [1.54, 1.807) is 0 Å². The van der Waals surface area contributed by atoms with Crippen LogP contribution in [-0.2, 0) is 4.79 Å². The van der Waals surface area contributed by atoms with Gasteiger partial charge in [-0.1, -0.05) is 37.3 Å². The van der Waals surface area contributed by atoms with Gasteiger partial charge in [0, 0.05) is 9.26 Å². The summed E-state index contributed by atoms with van der Waals surface area (Å²) in [4.78, 5) is 12.5. The highest BCUT2D eigenvalue weighted by Crippen LogP contribution is 2.22. The molecule has 3 rings (SSSR count). The largest absolute Gasteiger partial charge is 0.481 e. The first-order valence-corrected chi connectivity index (χ1v) is 8.95. The van der Waals surface area contributed by atoms with E-state index in [0.29, 0.717) is 12.2 Å². The Kier molecular flexibility index (Phi) is 5.35. The molecule has 0 aliphatic carbocycles. The van der Waals surface area contributed by atoms with E-state index in [2.05, 4.69) is 34.0 Å². The maximum absolute atomic E-state index is 12.5. The number of nitrogens with one attached hydrogen (secondary N) is 1. The van der Waals surface area contributed by atoms with Crippen molar-refractivity contribution in [1.29, 1.82) is 0 Å². The molecule has 24 heavy (non-hydrogen) atoms. The number of amides is 1. The summed E-state index contributed by atoms with van der Waals surface area (Å²) in [6, 6.07) is 21.7. The third-order valence-corrected chi connectivity index (χ3v) is 4.49. The van der Waals surface area contributed by atoms with Crippen LogP contribution in [0.3, 0.4) is 0 Å². The van der Waals surface area contributed by atoms with Crippen LogP contribution in [0, 0.1) is 3.57 Å². The molecule has 0 saturated carbocycles. The Morgan fingerprint density at radius 1 is 1.04 bits per heavy atom. The molecule has 3 aromatic rings. The zero-order chi connectivity index (χ0) is 16.9. The lowest BCUT2D eigenvalue weighted by molar-refractivity contribution is -0.122. The van der Waals surface area contributed by atoms with Gasteiger partial charge in [-0.05, 0) is 76.2 Å². The van der Waals surface area contributed by atoms with Crippen LogP contribution in [0.15, 0.2) is 66.7 Å². The number of hydrogen-bond donors (Lipinski definition) is 1. The summed E-state index contributed by atoms with van der Waals surface area (Å²) in [5.74, 6) is 0.574. The lowest BCUT2D eigenvalue weighted by atomic mass is 10.1. The Balaban J connectivity index is 1.72. The fourth-order valence-electron chi connectivity index (χ4n) is 2.48. The molecule has 4 heteroatoms. The van der Waals surface area contributed by atoms with Gasteiger partial charge in [-0.2, -0.15) is 0 Å². The third kappa shape index (κ3) is 4.06. The topological polar surface area (TPSA) is 38.3 Å². The predicted molar refractivity (Wildman–Crippen MR) is 106 cm³/mol. The molecule has 0 unspecified atom stereocenters. The van der Waals surface area contributed by atoms with Gasteiger partial charge in [0.1, 0.15) is 5.75 Å². The fourth-order valence-corrected chi connectivity index (χ4v) is 2.84. The maximum atomic E-state index is 12.5. The van der Waals surface area contributed by atoms with Gasteiger partial charge in [0.25, 0.3) is 5.91 Å². The van der Waals surface area contributed by atoms with E-state index in [-0.39, 0.29) is 5.91 Å². The molecule has 0 aliphatic rings. The summed E-state index contributed by atoms with van der Waals surface area (Å²) in [5.41, 5.74) is 0.779. The summed E-state index contributed by atoms with van der Waals surface area (Å²) in [6.45, 7) is 1.94. The van der Waals surface area contributed by atoms with Gasteiger partial charge in [-0.3, -0.25) is 4.79 Å². The molecule has 1 atom stereocenters. The van der Waals surface area contributed by atoms with Crippen LogP contribution in [0.1, 0.15) is 13.3 Å². The van der Waals surface area contributed by atoms with Crippen molar-refractivity contribution < 1.29 is 9.53 Å². The van der Waals surface area contributed by atoms with Crippen LogP contribution >= 0.6 is 22.6 Å². The molecule has 0 saturated heterocycles. The molecule has 0 radical (unpaired) electrons. The molecule has 0 spiro atoms. The molecule has 0 bridgehead atoms. The van der Waals surface area contributed by atoms with Crippen molar-refractivity contribution in [2.24, 2.45) is 0 Å². The quantitative estimate of drug-likeness (QED) is 0.562. The number of carbonyl (C=O) groups excluding carboxylic acids is 1. The molecule has 0 heterocycles. The zero-order valence-corrected chi connectivity index (χ0v) is 15.5. The first-order chi connectivity index (χ1) is 11.7. The molecule has 0 aliphatic heterocycles. The Bertz CT molecular complexity index is 846. The number of rotatable bonds is 5. The van der Waals surface area contributed by atoms with Crippen molar-refractivity contribution >= 4 is 45.0 Å². The minimum atomic E-state index is -0.523. The fraction of sp³-hybridized carbons (Fsp3) is 0.150. The van der Waals surface area contributed by atoms with Crippen LogP contribution in [0.2, 0.25) is 0 Å². The second-order valence-corrected chi connectivity index (χ2v) is 6.77. The van der Waals surface area contributed by atoms with Crippen LogP contribution in [0.5, 0.6) is 5.75 Å². The summed E-state index contributed by atoms with van der Waals surface area (Å²) in [5, 5.41) is 5.16. The van der Waals surface area contributed by atoms with Crippen molar-refractivity contribution in [2.45, 2.75) is 19.4 Å². The van der Waals surface area contributed by atoms with Crippen LogP contribution < -0.4 is 10.1 Å². The van der Waals surface area contributed by atoms with Gasteiger partial charge < -0.3 is 10.1 Å². The van der Waals surface area contributed by atoms with Gasteiger partial charge >= 0.3 is 0 Å². The average Bonchev–Trinajstić information content (AvgIpc) is 2.61. The van der Waals surface area contributed by atoms with Gasteiger partial charge in [0.05, 0.1) is 0 Å². The molecule has 122 valence electrons. The second kappa shape index (κ2) is 7.66. The van der Waals surface area contributed by atoms with Crippen LogP contribution in [-0.4, -0.2) is 12.0 Å². The van der Waals surface area contributed by atoms with E-state index in [4.69, 9.17) is 4.74 Å². The third-order valence-electron chi connectivity index (χ3n) is 3.77. The van der Waals surface area contributed by atoms with E-state index in [9.17, 15) is 4.79 Å². The molecule has 3 nitrogen and oxygen atoms in total. The summed E-state index contributed by atoms with van der Waals surface area (Å²) in [6.07, 6.45) is 0.0775. The molecule has 0 aromatic heterocycles. The predicted octanol–water partition coefficient (Wildman–Crippen LogP) is 5.24. The van der Waals surface area contributed by atoms with Crippen molar-refractivity contribution in [3.63, 3.8) is 0 Å². The highest BCUT2D eigenvalue weighted by molar-refractivity contribution is 14.1. The standard InChI is InChI=1S/C20H18INO2/c1-2-19(20(23)22-17-10-8-16(21)9-11-17)24-18-12-7-14-5-3-4-6-15(14)13-18/h3-13,19H,2H2,1H3,(H,22,23)/t19-/m1/s1. The van der Waals surface area contributed by atoms with Gasteiger partial charge in [-0.15, -0.1) is 0 Å². The van der Waals surface area contributed by atoms with Crippen molar-refractivity contribution in [1.82, 2.24) is 0 Å². The van der Waals surface area contributed by atoms with E-state index in [1.165, 1.54) is 0 Å². The first kappa shape index (κ1) is 16.8. The summed E-state index contributed by atoms with van der Waals surface area (Å²) >= 11 is 2.24. The van der Waals surface area contributed by atoms with Gasteiger partial charge in [0.15, 0.2) is 6.10 Å². The average molecular weight is 431 g/mol. The van der Waals surface area contributed by atoms with Gasteiger partial charge in [-0.25, -0.2) is 0 Å². The van der Waals surface area contributed by atoms with Gasteiger partial charge in [0.2, 0.25) is 0 Å². The Hall–Kier alpha value is -2.08. The van der Waals surface area contributed by atoms with Crippen molar-refractivity contribution in [2.75, 3.05) is 5.32 Å². The normalized spacial score (nSPS) is 11.9. The molecular formula is C20H18INO2. The number of benzene rings is 3. The van der Waals surface area contributed by atoms with Crippen LogP contribution in [0.25, 0.3) is 10.8 Å². The van der Waals surface area contributed by atoms with Crippen LogP contribution in [0.4, 0.5) is 5.69 Å². The Morgan fingerprint density at radius 3 is 2.46 bits per heavy atom. The highest BCUT2D eigenvalue weighted by Gasteiger charge is 2.18. The van der Waals surface area contributed by atoms with E-state index >= 15 is 0 Å². The van der Waals surface area contributed by atoms with E-state index in [1.807, 2.05) is 67.6 Å². The number of ether oxygens (including phenoxy) is 1. The number of halogens is 1. The summed E-state index contributed by atoms with van der Waals surface area (Å²) in [7, 11) is 0. The molecule has 1 N–H and O–H groups in total.